The first-order valence-corrected chi connectivity index (χ1v) is 8.83. The van der Waals surface area contributed by atoms with Gasteiger partial charge in [0.25, 0.3) is 5.91 Å². The van der Waals surface area contributed by atoms with Gasteiger partial charge in [-0.2, -0.15) is 0 Å². The third-order valence-corrected chi connectivity index (χ3v) is 5.09. The normalized spacial score (nSPS) is 18.7. The van der Waals surface area contributed by atoms with Crippen molar-refractivity contribution < 1.29 is 4.79 Å². The standard InChI is InChI=1S/C17H22N4OS/c18-17(22)15-10-19-6-5-16(15)20-9-13-3-1-7-21(11-13)12-14-4-2-8-23-14/h2,4-6,8,10,13H,1,3,7,9,11-12H2,(H2,18,22)(H,19,20). The summed E-state index contributed by atoms with van der Waals surface area (Å²) < 4.78 is 0. The van der Waals surface area contributed by atoms with Crippen molar-refractivity contribution in [2.45, 2.75) is 19.4 Å². The van der Waals surface area contributed by atoms with Gasteiger partial charge in [0, 0.05) is 36.9 Å². The molecule has 1 aliphatic heterocycles. The van der Waals surface area contributed by atoms with Crippen molar-refractivity contribution in [3.05, 3.63) is 46.4 Å². The number of anilines is 1. The number of amides is 1. The second-order valence-corrected chi connectivity index (χ2v) is 7.02. The Labute approximate surface area is 140 Å². The molecule has 2 aromatic rings. The van der Waals surface area contributed by atoms with E-state index in [1.165, 1.54) is 23.9 Å². The minimum atomic E-state index is -0.441. The van der Waals surface area contributed by atoms with E-state index in [9.17, 15) is 4.79 Å². The van der Waals surface area contributed by atoms with Crippen LogP contribution in [0.1, 0.15) is 28.1 Å². The number of piperidine rings is 1. The molecule has 122 valence electrons. The van der Waals surface area contributed by atoms with Crippen LogP contribution in [-0.2, 0) is 6.54 Å². The van der Waals surface area contributed by atoms with Gasteiger partial charge < -0.3 is 11.1 Å². The molecule has 1 atom stereocenters. The Morgan fingerprint density at radius 3 is 3.17 bits per heavy atom. The number of carbonyl (C=O) groups excluding carboxylic acids is 1. The van der Waals surface area contributed by atoms with E-state index < -0.39 is 5.91 Å². The molecule has 0 radical (unpaired) electrons. The number of rotatable bonds is 6. The highest BCUT2D eigenvalue weighted by Crippen LogP contribution is 2.21. The molecule has 0 aliphatic carbocycles. The van der Waals surface area contributed by atoms with Crippen molar-refractivity contribution in [1.29, 1.82) is 0 Å². The average Bonchev–Trinajstić information content (AvgIpc) is 3.06. The molecule has 0 bridgehead atoms. The number of hydrogen-bond donors (Lipinski definition) is 2. The molecule has 0 saturated carbocycles. The van der Waals surface area contributed by atoms with E-state index >= 15 is 0 Å². The first kappa shape index (κ1) is 16.0. The summed E-state index contributed by atoms with van der Waals surface area (Å²) in [5, 5.41) is 5.51. The van der Waals surface area contributed by atoms with Crippen LogP contribution in [0, 0.1) is 5.92 Å². The maximum absolute atomic E-state index is 11.4. The average molecular weight is 330 g/mol. The predicted molar refractivity (Wildman–Crippen MR) is 93.6 cm³/mol. The van der Waals surface area contributed by atoms with Gasteiger partial charge in [-0.15, -0.1) is 11.3 Å². The SMILES string of the molecule is NC(=O)c1cnccc1NCC1CCCN(Cc2cccs2)C1. The Balaban J connectivity index is 1.55. The minimum Gasteiger partial charge on any atom is -0.384 e. The summed E-state index contributed by atoms with van der Waals surface area (Å²) in [5.74, 6) is 0.140. The second-order valence-electron chi connectivity index (χ2n) is 5.99. The molecule has 5 nitrogen and oxygen atoms in total. The molecule has 0 spiro atoms. The monoisotopic (exact) mass is 330 g/mol. The number of hydrogen-bond acceptors (Lipinski definition) is 5. The van der Waals surface area contributed by atoms with Crippen LogP contribution in [0.25, 0.3) is 0 Å². The van der Waals surface area contributed by atoms with Gasteiger partial charge >= 0.3 is 0 Å². The number of nitrogens with zero attached hydrogens (tertiary/aromatic N) is 2. The molecule has 2 aromatic heterocycles. The molecule has 3 rings (SSSR count). The summed E-state index contributed by atoms with van der Waals surface area (Å²) in [6.07, 6.45) is 5.63. The number of primary amides is 1. The molecule has 6 heteroatoms. The summed E-state index contributed by atoms with van der Waals surface area (Å²) >= 11 is 1.82. The molecular formula is C17H22N4OS. The van der Waals surface area contributed by atoms with Crippen LogP contribution in [0.15, 0.2) is 36.0 Å². The van der Waals surface area contributed by atoms with Crippen LogP contribution in [0.2, 0.25) is 0 Å². The molecule has 1 amide bonds. The molecule has 1 saturated heterocycles. The molecule has 3 N–H and O–H groups in total. The number of likely N-dealkylation sites (tertiary alicyclic amines) is 1. The van der Waals surface area contributed by atoms with E-state index in [4.69, 9.17) is 5.73 Å². The first-order chi connectivity index (χ1) is 11.2. The fraction of sp³-hybridized carbons (Fsp3) is 0.412. The summed E-state index contributed by atoms with van der Waals surface area (Å²) in [7, 11) is 0. The number of nitrogens with one attached hydrogen (secondary N) is 1. The highest BCUT2D eigenvalue weighted by Gasteiger charge is 2.20. The largest absolute Gasteiger partial charge is 0.384 e. The Bertz CT molecular complexity index is 644. The first-order valence-electron chi connectivity index (χ1n) is 7.95. The quantitative estimate of drug-likeness (QED) is 0.854. The Kier molecular flexibility index (Phi) is 5.25. The summed E-state index contributed by atoms with van der Waals surface area (Å²) in [4.78, 5) is 19.3. The Morgan fingerprint density at radius 2 is 2.39 bits per heavy atom. The smallest absolute Gasteiger partial charge is 0.252 e. The summed E-state index contributed by atoms with van der Waals surface area (Å²) in [6, 6.07) is 6.12. The van der Waals surface area contributed by atoms with Crippen LogP contribution in [0.3, 0.4) is 0 Å². The second kappa shape index (κ2) is 7.57. The van der Waals surface area contributed by atoms with Crippen molar-refractivity contribution in [3.8, 4) is 0 Å². The van der Waals surface area contributed by atoms with Crippen molar-refractivity contribution in [2.75, 3.05) is 25.0 Å². The molecule has 23 heavy (non-hydrogen) atoms. The van der Waals surface area contributed by atoms with Crippen molar-refractivity contribution in [1.82, 2.24) is 9.88 Å². The number of carbonyl (C=O) groups is 1. The Morgan fingerprint density at radius 1 is 1.48 bits per heavy atom. The van der Waals surface area contributed by atoms with Gasteiger partial charge in [0.1, 0.15) is 0 Å². The molecule has 1 aliphatic rings. The van der Waals surface area contributed by atoms with E-state index in [1.807, 2.05) is 17.4 Å². The van der Waals surface area contributed by atoms with E-state index in [0.717, 1.165) is 31.9 Å². The maximum Gasteiger partial charge on any atom is 0.252 e. The highest BCUT2D eigenvalue weighted by atomic mass is 32.1. The topological polar surface area (TPSA) is 71.2 Å². The van der Waals surface area contributed by atoms with Crippen LogP contribution >= 0.6 is 11.3 Å². The van der Waals surface area contributed by atoms with Gasteiger partial charge in [-0.1, -0.05) is 6.07 Å². The summed E-state index contributed by atoms with van der Waals surface area (Å²) in [5.41, 5.74) is 6.63. The zero-order valence-corrected chi connectivity index (χ0v) is 13.9. The lowest BCUT2D eigenvalue weighted by Crippen LogP contribution is -2.37. The lowest BCUT2D eigenvalue weighted by Gasteiger charge is -2.32. The number of nitrogens with two attached hydrogens (primary N) is 1. The third-order valence-electron chi connectivity index (χ3n) is 4.23. The van der Waals surface area contributed by atoms with Crippen LogP contribution in [0.4, 0.5) is 5.69 Å². The molecule has 3 heterocycles. The minimum absolute atomic E-state index is 0.441. The fourth-order valence-corrected chi connectivity index (χ4v) is 3.83. The van der Waals surface area contributed by atoms with E-state index in [2.05, 4.69) is 32.7 Å². The highest BCUT2D eigenvalue weighted by molar-refractivity contribution is 7.09. The van der Waals surface area contributed by atoms with Gasteiger partial charge in [-0.05, 0) is 42.8 Å². The predicted octanol–water partition coefficient (Wildman–Crippen LogP) is 2.57. The van der Waals surface area contributed by atoms with E-state index in [0.29, 0.717) is 11.5 Å². The molecular weight excluding hydrogens is 308 g/mol. The molecule has 1 fully saturated rings. The van der Waals surface area contributed by atoms with Gasteiger partial charge in [0.05, 0.1) is 11.3 Å². The number of pyridine rings is 1. The van der Waals surface area contributed by atoms with Crippen molar-refractivity contribution in [2.24, 2.45) is 11.7 Å². The fourth-order valence-electron chi connectivity index (χ4n) is 3.08. The third kappa shape index (κ3) is 4.30. The van der Waals surface area contributed by atoms with Crippen LogP contribution in [0.5, 0.6) is 0 Å². The number of thiophene rings is 1. The molecule has 1 unspecified atom stereocenters. The van der Waals surface area contributed by atoms with Gasteiger partial charge in [-0.25, -0.2) is 0 Å². The van der Waals surface area contributed by atoms with Gasteiger partial charge in [-0.3, -0.25) is 14.7 Å². The van der Waals surface area contributed by atoms with Crippen molar-refractivity contribution in [3.63, 3.8) is 0 Å². The zero-order valence-electron chi connectivity index (χ0n) is 13.1. The lowest BCUT2D eigenvalue weighted by molar-refractivity contribution is 0.100. The maximum atomic E-state index is 11.4. The molecule has 0 aromatic carbocycles. The Hall–Kier alpha value is -1.92. The lowest BCUT2D eigenvalue weighted by atomic mass is 9.97. The van der Waals surface area contributed by atoms with E-state index in [1.54, 1.807) is 6.20 Å². The van der Waals surface area contributed by atoms with Crippen molar-refractivity contribution >= 4 is 22.9 Å². The summed E-state index contributed by atoms with van der Waals surface area (Å²) in [6.45, 7) is 4.14. The number of aromatic nitrogens is 1. The van der Waals surface area contributed by atoms with Crippen LogP contribution < -0.4 is 11.1 Å². The van der Waals surface area contributed by atoms with E-state index in [-0.39, 0.29) is 0 Å². The van der Waals surface area contributed by atoms with Gasteiger partial charge in [0.15, 0.2) is 0 Å². The van der Waals surface area contributed by atoms with Crippen LogP contribution in [-0.4, -0.2) is 35.4 Å². The zero-order chi connectivity index (χ0) is 16.1. The van der Waals surface area contributed by atoms with Gasteiger partial charge in [0.2, 0.25) is 0 Å².